The van der Waals surface area contributed by atoms with Gasteiger partial charge in [-0.3, -0.25) is 5.14 Å². The lowest BCUT2D eigenvalue weighted by molar-refractivity contribution is 0.751. The fraction of sp³-hybridized carbons (Fsp3) is 0.700. The molecule has 0 atom stereocenters. The maximum atomic E-state index is 5.54. The number of nitrogens with two attached hydrogens (primary N) is 1. The van der Waals surface area contributed by atoms with E-state index in [1.807, 2.05) is 13.0 Å². The average Bonchev–Trinajstić information content (AvgIpc) is 2.05. The molecule has 0 radical (unpaired) electrons. The van der Waals surface area contributed by atoms with Crippen LogP contribution in [0.3, 0.4) is 0 Å². The van der Waals surface area contributed by atoms with Crippen molar-refractivity contribution in [1.82, 2.24) is 0 Å². The van der Waals surface area contributed by atoms with E-state index in [1.54, 1.807) is 0 Å². The van der Waals surface area contributed by atoms with Crippen LogP contribution in [0.1, 0.15) is 34.6 Å². The number of allylic oxidation sites excluding steroid dienone is 2. The van der Waals surface area contributed by atoms with Gasteiger partial charge in [0.15, 0.2) is 0 Å². The number of nitrogens with zero attached hydrogens (tertiary/aromatic N) is 1. The summed E-state index contributed by atoms with van der Waals surface area (Å²) in [5.74, 6) is 0.870. The zero-order valence-electron chi connectivity index (χ0n) is 9.16. The van der Waals surface area contributed by atoms with Gasteiger partial charge in [0.05, 0.1) is 5.04 Å². The van der Waals surface area contributed by atoms with Gasteiger partial charge in [-0.15, -0.1) is 0 Å². The predicted molar refractivity (Wildman–Crippen MR) is 62.6 cm³/mol. The van der Waals surface area contributed by atoms with Gasteiger partial charge in [-0.25, -0.2) is 4.99 Å². The number of hydrogen-bond acceptors (Lipinski definition) is 3. The topological polar surface area (TPSA) is 38.4 Å². The predicted octanol–water partition coefficient (Wildman–Crippen LogP) is 3.21. The van der Waals surface area contributed by atoms with E-state index in [1.165, 1.54) is 11.9 Å². The van der Waals surface area contributed by atoms with E-state index in [0.29, 0.717) is 11.8 Å². The Bertz CT molecular complexity index is 205. The maximum Gasteiger partial charge on any atom is 0.0908 e. The molecule has 0 unspecified atom stereocenters. The van der Waals surface area contributed by atoms with E-state index in [9.17, 15) is 0 Å². The molecule has 0 aromatic rings. The van der Waals surface area contributed by atoms with Gasteiger partial charge in [-0.05, 0) is 24.8 Å². The highest BCUT2D eigenvalue weighted by Crippen LogP contribution is 2.16. The second-order valence-electron chi connectivity index (χ2n) is 3.59. The van der Waals surface area contributed by atoms with E-state index >= 15 is 0 Å². The molecule has 0 rings (SSSR count). The lowest BCUT2D eigenvalue weighted by Gasteiger charge is -2.10. The molecule has 2 N–H and O–H groups in total. The van der Waals surface area contributed by atoms with E-state index in [0.717, 1.165) is 10.7 Å². The summed E-state index contributed by atoms with van der Waals surface area (Å²) < 4.78 is 0. The van der Waals surface area contributed by atoms with Crippen LogP contribution in [0.25, 0.3) is 0 Å². The second kappa shape index (κ2) is 6.22. The van der Waals surface area contributed by atoms with Crippen molar-refractivity contribution >= 4 is 17.0 Å². The highest BCUT2D eigenvalue weighted by molar-refractivity contribution is 8.12. The van der Waals surface area contributed by atoms with Crippen LogP contribution in [0.2, 0.25) is 0 Å². The smallest absolute Gasteiger partial charge is 0.0908 e. The van der Waals surface area contributed by atoms with Crippen LogP contribution in [-0.4, -0.2) is 5.04 Å². The first-order valence-corrected chi connectivity index (χ1v) is 5.52. The van der Waals surface area contributed by atoms with Crippen LogP contribution in [0.5, 0.6) is 0 Å². The Labute approximate surface area is 85.8 Å². The molecule has 0 fully saturated rings. The minimum Gasteiger partial charge on any atom is -0.273 e. The van der Waals surface area contributed by atoms with Crippen molar-refractivity contribution in [1.29, 1.82) is 0 Å². The Balaban J connectivity index is 4.66. The summed E-state index contributed by atoms with van der Waals surface area (Å²) in [6.45, 7) is 10.5. The van der Waals surface area contributed by atoms with Gasteiger partial charge >= 0.3 is 0 Å². The summed E-state index contributed by atoms with van der Waals surface area (Å²) in [6.07, 6.45) is 2.04. The summed E-state index contributed by atoms with van der Waals surface area (Å²) >= 11 is 1.25. The molecule has 0 heterocycles. The van der Waals surface area contributed by atoms with Gasteiger partial charge in [0.1, 0.15) is 0 Å². The summed E-state index contributed by atoms with van der Waals surface area (Å²) in [4.78, 5) is 4.53. The molecular weight excluding hydrogens is 180 g/mol. The minimum absolute atomic E-state index is 0.406. The van der Waals surface area contributed by atoms with Gasteiger partial charge < -0.3 is 0 Å². The van der Waals surface area contributed by atoms with E-state index in [2.05, 4.69) is 32.7 Å². The van der Waals surface area contributed by atoms with Crippen molar-refractivity contribution in [2.75, 3.05) is 0 Å². The first-order valence-electron chi connectivity index (χ1n) is 4.64. The molecule has 0 aromatic carbocycles. The Kier molecular flexibility index (Phi) is 6.08. The molecule has 0 aliphatic heterocycles. The molecule has 0 aliphatic rings. The highest BCUT2D eigenvalue weighted by atomic mass is 32.2. The van der Waals surface area contributed by atoms with Crippen LogP contribution in [0.15, 0.2) is 16.8 Å². The third kappa shape index (κ3) is 4.48. The normalized spacial score (nSPS) is 14.5. The summed E-state index contributed by atoms with van der Waals surface area (Å²) in [5.41, 5.74) is 1.11. The Morgan fingerprint density at radius 2 is 1.77 bits per heavy atom. The molecule has 0 aliphatic carbocycles. The molecule has 2 nitrogen and oxygen atoms in total. The molecule has 13 heavy (non-hydrogen) atoms. The zero-order valence-corrected chi connectivity index (χ0v) is 9.98. The molecule has 0 amide bonds. The fourth-order valence-electron chi connectivity index (χ4n) is 0.946. The molecule has 76 valence electrons. The lowest BCUT2D eigenvalue weighted by Crippen LogP contribution is -2.07. The minimum atomic E-state index is 0.406. The Hall–Kier alpha value is -0.280. The molecule has 0 bridgehead atoms. The summed E-state index contributed by atoms with van der Waals surface area (Å²) in [5, 5.41) is 6.54. The van der Waals surface area contributed by atoms with E-state index in [-0.39, 0.29) is 0 Å². The van der Waals surface area contributed by atoms with Gasteiger partial charge in [0, 0.05) is 11.6 Å². The zero-order chi connectivity index (χ0) is 10.4. The van der Waals surface area contributed by atoms with Crippen LogP contribution in [0, 0.1) is 11.8 Å². The molecular formula is C10H20N2S. The van der Waals surface area contributed by atoms with Gasteiger partial charge in [0.2, 0.25) is 0 Å². The second-order valence-corrected chi connectivity index (χ2v) is 4.24. The first kappa shape index (κ1) is 12.7. The molecule has 3 heteroatoms. The standard InChI is InChI=1S/C10H20N2S/c1-6-9(7(2)3)12-10(13-11)8(4)5/h6-8H,11H2,1-5H3/b9-6-,12-10?. The first-order chi connectivity index (χ1) is 6.02. The van der Waals surface area contributed by atoms with Gasteiger partial charge in [0.25, 0.3) is 0 Å². The van der Waals surface area contributed by atoms with Crippen LogP contribution in [-0.2, 0) is 0 Å². The Morgan fingerprint density at radius 3 is 2.00 bits per heavy atom. The summed E-state index contributed by atoms with van der Waals surface area (Å²) in [7, 11) is 0. The van der Waals surface area contributed by atoms with Gasteiger partial charge in [-0.1, -0.05) is 33.8 Å². The molecule has 0 saturated heterocycles. The van der Waals surface area contributed by atoms with Gasteiger partial charge in [-0.2, -0.15) is 0 Å². The van der Waals surface area contributed by atoms with Crippen molar-refractivity contribution in [2.24, 2.45) is 22.0 Å². The van der Waals surface area contributed by atoms with E-state index < -0.39 is 0 Å². The van der Waals surface area contributed by atoms with Crippen molar-refractivity contribution < 1.29 is 0 Å². The highest BCUT2D eigenvalue weighted by Gasteiger charge is 2.06. The van der Waals surface area contributed by atoms with Crippen LogP contribution >= 0.6 is 11.9 Å². The molecule has 0 saturated carbocycles. The van der Waals surface area contributed by atoms with Crippen LogP contribution in [0.4, 0.5) is 0 Å². The summed E-state index contributed by atoms with van der Waals surface area (Å²) in [6, 6.07) is 0. The molecule has 0 spiro atoms. The average molecular weight is 200 g/mol. The fourth-order valence-corrected chi connectivity index (χ4v) is 1.38. The SMILES string of the molecule is C/C=C(\N=C(SN)C(C)C)C(C)C. The van der Waals surface area contributed by atoms with Crippen LogP contribution < -0.4 is 5.14 Å². The van der Waals surface area contributed by atoms with Crippen molar-refractivity contribution in [2.45, 2.75) is 34.6 Å². The van der Waals surface area contributed by atoms with Crippen molar-refractivity contribution in [3.05, 3.63) is 11.8 Å². The maximum absolute atomic E-state index is 5.54. The van der Waals surface area contributed by atoms with Crippen molar-refractivity contribution in [3.8, 4) is 0 Å². The number of rotatable bonds is 3. The number of aliphatic imine (C=N–C) groups is 1. The largest absolute Gasteiger partial charge is 0.273 e. The monoisotopic (exact) mass is 200 g/mol. The molecule has 0 aromatic heterocycles. The lowest BCUT2D eigenvalue weighted by atomic mass is 10.1. The quantitative estimate of drug-likeness (QED) is 0.431. The van der Waals surface area contributed by atoms with E-state index in [4.69, 9.17) is 5.14 Å². The third-order valence-electron chi connectivity index (χ3n) is 1.74. The Morgan fingerprint density at radius 1 is 1.23 bits per heavy atom. The third-order valence-corrected chi connectivity index (χ3v) is 2.55. The van der Waals surface area contributed by atoms with Crippen molar-refractivity contribution in [3.63, 3.8) is 0 Å². The number of hydrogen-bond donors (Lipinski definition) is 1.